The van der Waals surface area contributed by atoms with Gasteiger partial charge < -0.3 is 9.88 Å². The van der Waals surface area contributed by atoms with Gasteiger partial charge in [-0.3, -0.25) is 9.89 Å². The number of nitrogens with zero attached hydrogens (tertiary/aromatic N) is 2. The maximum Gasteiger partial charge on any atom is 0.268 e. The van der Waals surface area contributed by atoms with E-state index in [-0.39, 0.29) is 5.91 Å². The molecular weight excluding hydrogens is 216 g/mol. The fraction of sp³-hybridized carbons (Fsp3) is 0.333. The maximum atomic E-state index is 12.0. The van der Waals surface area contributed by atoms with Crippen molar-refractivity contribution in [2.45, 2.75) is 25.4 Å². The van der Waals surface area contributed by atoms with Crippen LogP contribution in [0.5, 0.6) is 0 Å². The van der Waals surface area contributed by atoms with Crippen LogP contribution in [0.2, 0.25) is 0 Å². The highest BCUT2D eigenvalue weighted by atomic mass is 16.1. The number of aromatic nitrogens is 3. The molecule has 0 atom stereocenters. The van der Waals surface area contributed by atoms with Crippen molar-refractivity contribution in [2.75, 3.05) is 0 Å². The molecule has 2 heterocycles. The van der Waals surface area contributed by atoms with E-state index in [2.05, 4.69) is 20.1 Å². The first-order valence-electron chi connectivity index (χ1n) is 5.77. The fourth-order valence-corrected chi connectivity index (χ4v) is 1.90. The molecule has 88 valence electrons. The zero-order valence-corrected chi connectivity index (χ0v) is 9.39. The Kier molecular flexibility index (Phi) is 2.44. The highest BCUT2D eigenvalue weighted by Gasteiger charge is 2.26. The van der Waals surface area contributed by atoms with Crippen LogP contribution in [0, 0.1) is 0 Å². The average Bonchev–Trinajstić information content (AvgIpc) is 2.88. The third-order valence-electron chi connectivity index (χ3n) is 2.96. The molecule has 2 aromatic heterocycles. The molecule has 1 amide bonds. The van der Waals surface area contributed by atoms with Crippen molar-refractivity contribution in [3.8, 4) is 0 Å². The predicted molar refractivity (Wildman–Crippen MR) is 62.5 cm³/mol. The van der Waals surface area contributed by atoms with Gasteiger partial charge in [0, 0.05) is 30.5 Å². The van der Waals surface area contributed by atoms with Gasteiger partial charge in [-0.15, -0.1) is 0 Å². The summed E-state index contributed by atoms with van der Waals surface area (Å²) >= 11 is 0. The summed E-state index contributed by atoms with van der Waals surface area (Å²) in [6, 6.07) is 4.31. The Bertz CT molecular complexity index is 510. The van der Waals surface area contributed by atoms with Gasteiger partial charge in [0.25, 0.3) is 5.91 Å². The largest absolute Gasteiger partial charge is 0.347 e. The molecule has 0 bridgehead atoms. The number of hydrogen-bond acceptors (Lipinski definition) is 2. The molecule has 1 aliphatic rings. The van der Waals surface area contributed by atoms with E-state index in [9.17, 15) is 4.79 Å². The van der Waals surface area contributed by atoms with E-state index >= 15 is 0 Å². The zero-order valence-electron chi connectivity index (χ0n) is 9.39. The number of rotatable bonds is 4. The first kappa shape index (κ1) is 10.1. The normalized spacial score (nSPS) is 14.8. The van der Waals surface area contributed by atoms with Crippen LogP contribution in [0.25, 0.3) is 0 Å². The van der Waals surface area contributed by atoms with E-state index in [0.717, 1.165) is 11.3 Å². The van der Waals surface area contributed by atoms with Crippen molar-refractivity contribution in [2.24, 2.45) is 0 Å². The number of carbonyl (C=O) groups is 1. The Morgan fingerprint density at radius 1 is 1.59 bits per heavy atom. The van der Waals surface area contributed by atoms with Crippen molar-refractivity contribution < 1.29 is 4.79 Å². The van der Waals surface area contributed by atoms with E-state index in [1.165, 1.54) is 12.8 Å². The molecule has 0 saturated heterocycles. The average molecular weight is 230 g/mol. The van der Waals surface area contributed by atoms with Crippen molar-refractivity contribution in [1.82, 2.24) is 20.1 Å². The minimum absolute atomic E-state index is 0.0249. The Morgan fingerprint density at radius 2 is 2.47 bits per heavy atom. The van der Waals surface area contributed by atoms with Gasteiger partial charge in [0.2, 0.25) is 0 Å². The van der Waals surface area contributed by atoms with Gasteiger partial charge in [-0.2, -0.15) is 5.10 Å². The summed E-state index contributed by atoms with van der Waals surface area (Å²) in [6.45, 7) is 0.505. The lowest BCUT2D eigenvalue weighted by Gasteiger charge is -2.07. The van der Waals surface area contributed by atoms with Crippen LogP contribution < -0.4 is 5.32 Å². The lowest BCUT2D eigenvalue weighted by Crippen LogP contribution is -2.25. The highest BCUT2D eigenvalue weighted by molar-refractivity contribution is 5.92. The number of amides is 1. The lowest BCUT2D eigenvalue weighted by atomic mass is 10.3. The van der Waals surface area contributed by atoms with Crippen LogP contribution in [-0.2, 0) is 6.54 Å². The van der Waals surface area contributed by atoms with Gasteiger partial charge in [-0.25, -0.2) is 0 Å². The molecule has 3 rings (SSSR count). The molecule has 1 aliphatic carbocycles. The number of hydrogen-bond donors (Lipinski definition) is 2. The van der Waals surface area contributed by atoms with Crippen LogP contribution in [-0.4, -0.2) is 20.7 Å². The lowest BCUT2D eigenvalue weighted by molar-refractivity contribution is 0.0941. The molecule has 0 spiro atoms. The van der Waals surface area contributed by atoms with Gasteiger partial charge >= 0.3 is 0 Å². The van der Waals surface area contributed by atoms with Crippen LogP contribution >= 0.6 is 0 Å². The molecule has 2 N–H and O–H groups in total. The zero-order chi connectivity index (χ0) is 11.7. The number of H-pyrrole nitrogens is 1. The first-order chi connectivity index (χ1) is 8.34. The van der Waals surface area contributed by atoms with Crippen molar-refractivity contribution in [3.63, 3.8) is 0 Å². The summed E-state index contributed by atoms with van der Waals surface area (Å²) in [5.74, 6) is -0.0249. The van der Waals surface area contributed by atoms with E-state index in [4.69, 9.17) is 0 Å². The molecule has 0 unspecified atom stereocenters. The van der Waals surface area contributed by atoms with Gasteiger partial charge in [0.1, 0.15) is 5.69 Å². The number of aromatic amines is 1. The summed E-state index contributed by atoms with van der Waals surface area (Å²) in [5.41, 5.74) is 1.72. The minimum Gasteiger partial charge on any atom is -0.347 e. The van der Waals surface area contributed by atoms with E-state index < -0.39 is 0 Å². The summed E-state index contributed by atoms with van der Waals surface area (Å²) in [5, 5.41) is 9.45. The summed E-state index contributed by atoms with van der Waals surface area (Å²) < 4.78 is 2.06. The monoisotopic (exact) mass is 230 g/mol. The molecule has 5 heteroatoms. The number of nitrogens with one attached hydrogen (secondary N) is 2. The Balaban J connectivity index is 1.67. The third-order valence-corrected chi connectivity index (χ3v) is 2.96. The smallest absolute Gasteiger partial charge is 0.268 e. The van der Waals surface area contributed by atoms with Crippen LogP contribution in [0.1, 0.15) is 34.9 Å². The van der Waals surface area contributed by atoms with Crippen LogP contribution in [0.4, 0.5) is 0 Å². The van der Waals surface area contributed by atoms with Crippen LogP contribution in [0.15, 0.2) is 30.7 Å². The highest BCUT2D eigenvalue weighted by Crippen LogP contribution is 2.35. The Hall–Kier alpha value is -2.04. The Labute approximate surface area is 98.8 Å². The second-order valence-corrected chi connectivity index (χ2v) is 4.32. The standard InChI is InChI=1S/C12H14N4O/c17-12(13-6-9-7-14-15-8-9)11-2-1-5-16(11)10-3-4-10/h1-2,5,7-8,10H,3-4,6H2,(H,13,17)(H,14,15). The molecule has 2 aromatic rings. The summed E-state index contributed by atoms with van der Waals surface area (Å²) in [6.07, 6.45) is 7.82. The van der Waals surface area contributed by atoms with Gasteiger partial charge in [0.15, 0.2) is 0 Å². The van der Waals surface area contributed by atoms with Crippen LogP contribution in [0.3, 0.4) is 0 Å². The van der Waals surface area contributed by atoms with E-state index in [1.54, 1.807) is 12.4 Å². The van der Waals surface area contributed by atoms with Crippen molar-refractivity contribution in [3.05, 3.63) is 42.0 Å². The van der Waals surface area contributed by atoms with E-state index in [1.807, 2.05) is 18.3 Å². The summed E-state index contributed by atoms with van der Waals surface area (Å²) in [4.78, 5) is 12.0. The molecule has 5 nitrogen and oxygen atoms in total. The Morgan fingerprint density at radius 3 is 3.18 bits per heavy atom. The first-order valence-corrected chi connectivity index (χ1v) is 5.77. The molecular formula is C12H14N4O. The fourth-order valence-electron chi connectivity index (χ4n) is 1.90. The minimum atomic E-state index is -0.0249. The maximum absolute atomic E-state index is 12.0. The topological polar surface area (TPSA) is 62.7 Å². The molecule has 0 radical (unpaired) electrons. The second kappa shape index (κ2) is 4.08. The molecule has 0 aromatic carbocycles. The predicted octanol–water partition coefficient (Wildman–Crippen LogP) is 1.48. The summed E-state index contributed by atoms with van der Waals surface area (Å²) in [7, 11) is 0. The SMILES string of the molecule is O=C(NCc1cn[nH]c1)c1cccn1C1CC1. The number of carbonyl (C=O) groups excluding carboxylic acids is 1. The van der Waals surface area contributed by atoms with Gasteiger partial charge in [0.05, 0.1) is 6.20 Å². The van der Waals surface area contributed by atoms with Gasteiger partial charge in [-0.1, -0.05) is 0 Å². The van der Waals surface area contributed by atoms with Gasteiger partial charge in [-0.05, 0) is 25.0 Å². The molecule has 0 aliphatic heterocycles. The molecule has 17 heavy (non-hydrogen) atoms. The van der Waals surface area contributed by atoms with Crippen molar-refractivity contribution in [1.29, 1.82) is 0 Å². The molecule has 1 fully saturated rings. The second-order valence-electron chi connectivity index (χ2n) is 4.32. The van der Waals surface area contributed by atoms with E-state index in [0.29, 0.717) is 12.6 Å². The quantitative estimate of drug-likeness (QED) is 0.835. The van der Waals surface area contributed by atoms with Crippen molar-refractivity contribution >= 4 is 5.91 Å². The third kappa shape index (κ3) is 2.08. The molecule has 1 saturated carbocycles.